The van der Waals surface area contributed by atoms with E-state index in [0.29, 0.717) is 18.7 Å². The molecule has 2 aromatic rings. The summed E-state index contributed by atoms with van der Waals surface area (Å²) in [5, 5.41) is 6.03. The minimum atomic E-state index is -0.0867. The Labute approximate surface area is 132 Å². The summed E-state index contributed by atoms with van der Waals surface area (Å²) in [6, 6.07) is 7.25. The third-order valence-corrected chi connectivity index (χ3v) is 3.41. The largest absolute Gasteiger partial charge is 0.367 e. The molecular formula is C15H17BrN4O. The highest BCUT2D eigenvalue weighted by Gasteiger charge is 2.05. The van der Waals surface area contributed by atoms with Crippen LogP contribution in [-0.2, 0) is 0 Å². The molecule has 0 atom stereocenters. The van der Waals surface area contributed by atoms with Crippen molar-refractivity contribution in [2.45, 2.75) is 13.8 Å². The number of hydrogen-bond donors (Lipinski definition) is 2. The molecule has 0 bridgehead atoms. The van der Waals surface area contributed by atoms with Gasteiger partial charge < -0.3 is 10.6 Å². The first-order valence-electron chi connectivity index (χ1n) is 6.64. The van der Waals surface area contributed by atoms with Crippen LogP contribution in [0.4, 0.5) is 5.82 Å². The van der Waals surface area contributed by atoms with E-state index in [4.69, 9.17) is 0 Å². The van der Waals surface area contributed by atoms with Gasteiger partial charge in [0.05, 0.1) is 11.4 Å². The zero-order chi connectivity index (χ0) is 15.2. The lowest BCUT2D eigenvalue weighted by atomic mass is 10.2. The topological polar surface area (TPSA) is 66.9 Å². The molecule has 0 saturated heterocycles. The van der Waals surface area contributed by atoms with Crippen LogP contribution in [0.25, 0.3) is 0 Å². The molecule has 0 unspecified atom stereocenters. The Hall–Kier alpha value is -1.95. The number of aryl methyl sites for hydroxylation is 2. The number of halogens is 1. The van der Waals surface area contributed by atoms with Gasteiger partial charge in [0.1, 0.15) is 5.82 Å². The van der Waals surface area contributed by atoms with Crippen molar-refractivity contribution in [3.8, 4) is 0 Å². The minimum absolute atomic E-state index is 0.0867. The van der Waals surface area contributed by atoms with Crippen molar-refractivity contribution < 1.29 is 4.79 Å². The summed E-state index contributed by atoms with van der Waals surface area (Å²) in [6.07, 6.45) is 1.73. The maximum absolute atomic E-state index is 11.9. The Kier molecular flexibility index (Phi) is 5.27. The zero-order valence-electron chi connectivity index (χ0n) is 12.0. The van der Waals surface area contributed by atoms with Crippen LogP contribution in [0.2, 0.25) is 0 Å². The molecule has 1 aromatic carbocycles. The van der Waals surface area contributed by atoms with Gasteiger partial charge in [0.25, 0.3) is 5.91 Å². The van der Waals surface area contributed by atoms with Gasteiger partial charge in [0.15, 0.2) is 0 Å². The Balaban J connectivity index is 1.80. The molecule has 0 radical (unpaired) electrons. The summed E-state index contributed by atoms with van der Waals surface area (Å²) in [5.74, 6) is 0.671. The van der Waals surface area contributed by atoms with Crippen molar-refractivity contribution in [1.29, 1.82) is 0 Å². The second-order valence-electron chi connectivity index (χ2n) is 4.63. The van der Waals surface area contributed by atoms with Gasteiger partial charge in [0.2, 0.25) is 0 Å². The fourth-order valence-electron chi connectivity index (χ4n) is 1.77. The monoisotopic (exact) mass is 348 g/mol. The number of nitrogens with zero attached hydrogens (tertiary/aromatic N) is 2. The summed E-state index contributed by atoms with van der Waals surface area (Å²) in [5.41, 5.74) is 2.35. The normalized spacial score (nSPS) is 10.2. The number of hydrogen-bond acceptors (Lipinski definition) is 4. The first-order valence-corrected chi connectivity index (χ1v) is 7.43. The van der Waals surface area contributed by atoms with Crippen molar-refractivity contribution in [2.24, 2.45) is 0 Å². The Morgan fingerprint density at radius 3 is 2.62 bits per heavy atom. The van der Waals surface area contributed by atoms with E-state index in [1.807, 2.05) is 26.0 Å². The smallest absolute Gasteiger partial charge is 0.251 e. The van der Waals surface area contributed by atoms with Gasteiger partial charge in [-0.15, -0.1) is 0 Å². The van der Waals surface area contributed by atoms with Gasteiger partial charge >= 0.3 is 0 Å². The lowest BCUT2D eigenvalue weighted by molar-refractivity contribution is 0.0955. The summed E-state index contributed by atoms with van der Waals surface area (Å²) < 4.78 is 0.953. The van der Waals surface area contributed by atoms with Crippen LogP contribution in [-0.4, -0.2) is 29.0 Å². The molecule has 2 rings (SSSR count). The van der Waals surface area contributed by atoms with Crippen molar-refractivity contribution in [2.75, 3.05) is 18.4 Å². The summed E-state index contributed by atoms with van der Waals surface area (Å²) >= 11 is 3.34. The van der Waals surface area contributed by atoms with Gasteiger partial charge in [-0.3, -0.25) is 9.78 Å². The standard InChI is InChI=1S/C15H17BrN4O/c1-10-9-19-11(2)14(20-10)17-7-8-18-15(21)12-3-5-13(16)6-4-12/h3-6,9H,7-8H2,1-2H3,(H,17,20)(H,18,21). The number of amides is 1. The molecule has 0 spiro atoms. The average molecular weight is 349 g/mol. The molecular weight excluding hydrogens is 332 g/mol. The number of carbonyl (C=O) groups is 1. The predicted molar refractivity (Wildman–Crippen MR) is 86.5 cm³/mol. The molecule has 21 heavy (non-hydrogen) atoms. The maximum Gasteiger partial charge on any atom is 0.251 e. The highest BCUT2D eigenvalue weighted by molar-refractivity contribution is 9.10. The maximum atomic E-state index is 11.9. The molecule has 0 saturated carbocycles. The third-order valence-electron chi connectivity index (χ3n) is 2.89. The Morgan fingerprint density at radius 2 is 1.90 bits per heavy atom. The van der Waals surface area contributed by atoms with E-state index in [1.54, 1.807) is 18.3 Å². The summed E-state index contributed by atoms with van der Waals surface area (Å²) in [4.78, 5) is 20.5. The zero-order valence-corrected chi connectivity index (χ0v) is 13.6. The van der Waals surface area contributed by atoms with Gasteiger partial charge in [-0.2, -0.15) is 0 Å². The number of rotatable bonds is 5. The van der Waals surface area contributed by atoms with Crippen molar-refractivity contribution in [3.05, 3.63) is 51.9 Å². The lowest BCUT2D eigenvalue weighted by Crippen LogP contribution is -2.29. The van der Waals surface area contributed by atoms with E-state index in [9.17, 15) is 4.79 Å². The van der Waals surface area contributed by atoms with E-state index < -0.39 is 0 Å². The van der Waals surface area contributed by atoms with E-state index in [2.05, 4.69) is 36.5 Å². The second kappa shape index (κ2) is 7.17. The number of carbonyl (C=O) groups excluding carboxylic acids is 1. The molecule has 1 amide bonds. The van der Waals surface area contributed by atoms with Gasteiger partial charge in [-0.1, -0.05) is 15.9 Å². The molecule has 5 nitrogen and oxygen atoms in total. The molecule has 0 aliphatic carbocycles. The highest BCUT2D eigenvalue weighted by Crippen LogP contribution is 2.10. The van der Waals surface area contributed by atoms with Crippen molar-refractivity contribution >= 4 is 27.7 Å². The first kappa shape index (κ1) is 15.4. The Morgan fingerprint density at radius 1 is 1.19 bits per heavy atom. The molecule has 0 aliphatic heterocycles. The summed E-state index contributed by atoms with van der Waals surface area (Å²) in [6.45, 7) is 4.91. The van der Waals surface area contributed by atoms with E-state index in [0.717, 1.165) is 21.7 Å². The second-order valence-corrected chi connectivity index (χ2v) is 5.55. The van der Waals surface area contributed by atoms with Crippen molar-refractivity contribution in [3.63, 3.8) is 0 Å². The van der Waals surface area contributed by atoms with Crippen LogP contribution in [0.3, 0.4) is 0 Å². The van der Waals surface area contributed by atoms with E-state index in [-0.39, 0.29) is 5.91 Å². The summed E-state index contributed by atoms with van der Waals surface area (Å²) in [7, 11) is 0. The van der Waals surface area contributed by atoms with Crippen LogP contribution < -0.4 is 10.6 Å². The predicted octanol–water partition coefficient (Wildman–Crippen LogP) is 2.70. The fraction of sp³-hybridized carbons (Fsp3) is 0.267. The van der Waals surface area contributed by atoms with Crippen LogP contribution in [0.5, 0.6) is 0 Å². The third kappa shape index (κ3) is 4.53. The molecule has 1 aromatic heterocycles. The van der Waals surface area contributed by atoms with Crippen LogP contribution in [0.15, 0.2) is 34.9 Å². The number of benzene rings is 1. The van der Waals surface area contributed by atoms with Crippen molar-refractivity contribution in [1.82, 2.24) is 15.3 Å². The van der Waals surface area contributed by atoms with E-state index in [1.165, 1.54) is 0 Å². The van der Waals surface area contributed by atoms with Gasteiger partial charge in [-0.25, -0.2) is 4.98 Å². The highest BCUT2D eigenvalue weighted by atomic mass is 79.9. The SMILES string of the molecule is Cc1cnc(C)c(NCCNC(=O)c2ccc(Br)cc2)n1. The van der Waals surface area contributed by atoms with Gasteiger partial charge in [0, 0.05) is 29.3 Å². The number of aromatic nitrogens is 2. The lowest BCUT2D eigenvalue weighted by Gasteiger charge is -2.09. The first-order chi connectivity index (χ1) is 10.1. The average Bonchev–Trinajstić information content (AvgIpc) is 2.47. The fourth-order valence-corrected chi connectivity index (χ4v) is 2.03. The molecule has 1 heterocycles. The molecule has 2 N–H and O–H groups in total. The van der Waals surface area contributed by atoms with Crippen LogP contribution in [0.1, 0.15) is 21.7 Å². The quantitative estimate of drug-likeness (QED) is 0.815. The van der Waals surface area contributed by atoms with Crippen LogP contribution >= 0.6 is 15.9 Å². The molecule has 6 heteroatoms. The van der Waals surface area contributed by atoms with Gasteiger partial charge in [-0.05, 0) is 38.1 Å². The molecule has 0 fully saturated rings. The minimum Gasteiger partial charge on any atom is -0.367 e. The molecule has 0 aliphatic rings. The number of nitrogens with one attached hydrogen (secondary N) is 2. The van der Waals surface area contributed by atoms with Crippen LogP contribution in [0, 0.1) is 13.8 Å². The molecule has 110 valence electrons. The Bertz CT molecular complexity index is 628. The van der Waals surface area contributed by atoms with E-state index >= 15 is 0 Å². The number of anilines is 1.